The van der Waals surface area contributed by atoms with Gasteiger partial charge in [-0.1, -0.05) is 0 Å². The minimum atomic E-state index is -3.00. The van der Waals surface area contributed by atoms with Gasteiger partial charge >= 0.3 is 0 Å². The van der Waals surface area contributed by atoms with Gasteiger partial charge in [0.1, 0.15) is 17.9 Å². The molecule has 0 aromatic rings. The van der Waals surface area contributed by atoms with Gasteiger partial charge in [-0.15, -0.1) is 0 Å². The average Bonchev–Trinajstić information content (AvgIpc) is 2.42. The quantitative estimate of drug-likeness (QED) is 0.638. The number of likely N-dealkylation sites (tertiary alicyclic amines) is 1. The van der Waals surface area contributed by atoms with Crippen LogP contribution in [0.3, 0.4) is 0 Å². The van der Waals surface area contributed by atoms with E-state index in [1.807, 2.05) is 0 Å². The van der Waals surface area contributed by atoms with E-state index in [4.69, 9.17) is 0 Å². The van der Waals surface area contributed by atoms with Crippen molar-refractivity contribution in [3.63, 3.8) is 0 Å². The molecule has 2 unspecified atom stereocenters. The van der Waals surface area contributed by atoms with Crippen LogP contribution < -0.4 is 0 Å². The van der Waals surface area contributed by atoms with Gasteiger partial charge in [0, 0.05) is 0 Å². The highest BCUT2D eigenvalue weighted by Gasteiger charge is 2.48. The zero-order valence-corrected chi connectivity index (χ0v) is 10.0. The molecule has 0 aromatic heterocycles. The molecular formula is C10H20NO3S+. The molecule has 0 aliphatic carbocycles. The predicted octanol–water partition coefficient (Wildman–Crippen LogP) is -0.225. The summed E-state index contributed by atoms with van der Waals surface area (Å²) in [4.78, 5) is 0. The van der Waals surface area contributed by atoms with Gasteiger partial charge < -0.3 is 9.59 Å². The monoisotopic (exact) mass is 234 g/mol. The molecule has 2 aliphatic heterocycles. The van der Waals surface area contributed by atoms with E-state index in [0.717, 1.165) is 30.4 Å². The molecule has 4 nitrogen and oxygen atoms in total. The number of aliphatic hydroxyl groups excluding tert-OH is 1. The summed E-state index contributed by atoms with van der Waals surface area (Å²) < 4.78 is 23.7. The summed E-state index contributed by atoms with van der Waals surface area (Å²) in [6, 6.07) is -0.0877. The number of aliphatic hydroxyl groups is 1. The second kappa shape index (κ2) is 3.71. The molecule has 15 heavy (non-hydrogen) atoms. The fourth-order valence-electron chi connectivity index (χ4n) is 2.97. The standard InChI is InChI=1S/C10H20NO3S/c1-11(5-3-2-4-6-11)9-7-15(13,14)8-10(9)12/h9-10,12H,2-8H2,1H3/q+1. The normalized spacial score (nSPS) is 39.1. The van der Waals surface area contributed by atoms with Crippen molar-refractivity contribution in [2.45, 2.75) is 31.4 Å². The Hall–Kier alpha value is -0.130. The van der Waals surface area contributed by atoms with Crippen molar-refractivity contribution in [1.82, 2.24) is 0 Å². The molecule has 5 heteroatoms. The van der Waals surface area contributed by atoms with Crippen LogP contribution >= 0.6 is 0 Å². The fraction of sp³-hybridized carbons (Fsp3) is 1.00. The van der Waals surface area contributed by atoms with E-state index in [2.05, 4.69) is 7.05 Å². The molecule has 88 valence electrons. The summed E-state index contributed by atoms with van der Waals surface area (Å²) >= 11 is 0. The highest BCUT2D eigenvalue weighted by Crippen LogP contribution is 2.27. The highest BCUT2D eigenvalue weighted by molar-refractivity contribution is 7.91. The van der Waals surface area contributed by atoms with Crippen LogP contribution in [0.5, 0.6) is 0 Å². The lowest BCUT2D eigenvalue weighted by Crippen LogP contribution is -2.59. The molecule has 2 aliphatic rings. The van der Waals surface area contributed by atoms with Crippen LogP contribution in [-0.2, 0) is 9.84 Å². The van der Waals surface area contributed by atoms with Crippen LogP contribution in [0, 0.1) is 0 Å². The minimum Gasteiger partial charge on any atom is -0.386 e. The molecule has 2 rings (SSSR count). The summed E-state index contributed by atoms with van der Waals surface area (Å²) in [5, 5.41) is 9.85. The minimum absolute atomic E-state index is 0.0362. The van der Waals surface area contributed by atoms with Crippen molar-refractivity contribution in [2.75, 3.05) is 31.6 Å². The SMILES string of the molecule is C[N+]1(C2CS(=O)(=O)CC2O)CCCCC1. The molecule has 0 saturated carbocycles. The Labute approximate surface area is 91.4 Å². The van der Waals surface area contributed by atoms with Crippen molar-refractivity contribution in [1.29, 1.82) is 0 Å². The van der Waals surface area contributed by atoms with Gasteiger partial charge in [0.05, 0.1) is 25.9 Å². The summed E-state index contributed by atoms with van der Waals surface area (Å²) in [5.74, 6) is 0.135. The number of likely N-dealkylation sites (N-methyl/N-ethyl adjacent to an activating group) is 1. The lowest BCUT2D eigenvalue weighted by molar-refractivity contribution is -0.937. The summed E-state index contributed by atoms with van der Waals surface area (Å²) in [6.07, 6.45) is 2.89. The number of sulfone groups is 1. The Bertz CT molecular complexity index is 333. The third-order valence-corrected chi connectivity index (χ3v) is 5.63. The summed E-state index contributed by atoms with van der Waals surface area (Å²) in [6.45, 7) is 2.02. The molecule has 0 bridgehead atoms. The molecule has 0 spiro atoms. The van der Waals surface area contributed by atoms with E-state index in [1.54, 1.807) is 0 Å². The van der Waals surface area contributed by atoms with E-state index in [0.29, 0.717) is 0 Å². The van der Waals surface area contributed by atoms with Gasteiger partial charge in [0.15, 0.2) is 9.84 Å². The Kier molecular flexibility index (Phi) is 2.81. The Morgan fingerprint density at radius 1 is 1.13 bits per heavy atom. The third-order valence-electron chi connectivity index (χ3n) is 3.93. The molecule has 0 amide bonds. The Balaban J connectivity index is 2.16. The van der Waals surface area contributed by atoms with Gasteiger partial charge in [0.25, 0.3) is 0 Å². The molecule has 2 atom stereocenters. The lowest BCUT2D eigenvalue weighted by Gasteiger charge is -2.43. The Morgan fingerprint density at radius 2 is 1.73 bits per heavy atom. The molecular weight excluding hydrogens is 214 g/mol. The number of rotatable bonds is 1. The fourth-order valence-corrected chi connectivity index (χ4v) is 4.95. The van der Waals surface area contributed by atoms with Gasteiger partial charge in [-0.05, 0) is 19.3 Å². The molecule has 2 saturated heterocycles. The maximum Gasteiger partial charge on any atom is 0.159 e. The highest BCUT2D eigenvalue weighted by atomic mass is 32.2. The number of hydrogen-bond acceptors (Lipinski definition) is 3. The second-order valence-electron chi connectivity index (χ2n) is 5.20. The molecule has 2 fully saturated rings. The third kappa shape index (κ3) is 2.19. The van der Waals surface area contributed by atoms with Crippen molar-refractivity contribution in [3.8, 4) is 0 Å². The van der Waals surface area contributed by atoms with E-state index >= 15 is 0 Å². The molecule has 0 aromatic carbocycles. The van der Waals surface area contributed by atoms with Crippen molar-refractivity contribution >= 4 is 9.84 Å². The predicted molar refractivity (Wildman–Crippen MR) is 58.2 cm³/mol. The van der Waals surface area contributed by atoms with Crippen molar-refractivity contribution in [2.24, 2.45) is 0 Å². The van der Waals surface area contributed by atoms with Crippen LogP contribution in [0.25, 0.3) is 0 Å². The number of hydrogen-bond donors (Lipinski definition) is 1. The first-order valence-electron chi connectivity index (χ1n) is 5.66. The lowest BCUT2D eigenvalue weighted by atomic mass is 10.0. The zero-order chi connectivity index (χ0) is 11.1. The van der Waals surface area contributed by atoms with Crippen molar-refractivity contribution in [3.05, 3.63) is 0 Å². The van der Waals surface area contributed by atoms with E-state index in [9.17, 15) is 13.5 Å². The van der Waals surface area contributed by atoms with E-state index in [1.165, 1.54) is 6.42 Å². The second-order valence-corrected chi connectivity index (χ2v) is 7.35. The van der Waals surface area contributed by atoms with Crippen LogP contribution in [0.4, 0.5) is 0 Å². The first-order valence-corrected chi connectivity index (χ1v) is 7.48. The summed E-state index contributed by atoms with van der Waals surface area (Å²) in [7, 11) is -0.907. The van der Waals surface area contributed by atoms with Gasteiger partial charge in [-0.2, -0.15) is 0 Å². The van der Waals surface area contributed by atoms with Gasteiger partial charge in [-0.3, -0.25) is 0 Å². The topological polar surface area (TPSA) is 54.4 Å². The largest absolute Gasteiger partial charge is 0.386 e. The van der Waals surface area contributed by atoms with Crippen LogP contribution in [0.2, 0.25) is 0 Å². The zero-order valence-electron chi connectivity index (χ0n) is 9.22. The Morgan fingerprint density at radius 3 is 2.20 bits per heavy atom. The number of quaternary nitrogens is 1. The maximum absolute atomic E-state index is 11.5. The average molecular weight is 234 g/mol. The van der Waals surface area contributed by atoms with Crippen molar-refractivity contribution < 1.29 is 18.0 Å². The van der Waals surface area contributed by atoms with Gasteiger partial charge in [-0.25, -0.2) is 8.42 Å². The molecule has 0 radical (unpaired) electrons. The maximum atomic E-state index is 11.5. The van der Waals surface area contributed by atoms with Gasteiger partial charge in [0.2, 0.25) is 0 Å². The summed E-state index contributed by atoms with van der Waals surface area (Å²) in [5.41, 5.74) is 0. The molecule has 1 N–H and O–H groups in total. The number of nitrogens with zero attached hydrogens (tertiary/aromatic N) is 1. The van der Waals surface area contributed by atoms with Crippen LogP contribution in [0.1, 0.15) is 19.3 Å². The number of piperidine rings is 1. The van der Waals surface area contributed by atoms with E-state index in [-0.39, 0.29) is 17.5 Å². The van der Waals surface area contributed by atoms with E-state index < -0.39 is 15.9 Å². The van der Waals surface area contributed by atoms with Crippen LogP contribution in [0.15, 0.2) is 0 Å². The first kappa shape index (κ1) is 11.4. The first-order chi connectivity index (χ1) is 6.93. The van der Waals surface area contributed by atoms with Crippen LogP contribution in [-0.4, -0.2) is 61.8 Å². The molecule has 2 heterocycles. The smallest absolute Gasteiger partial charge is 0.159 e.